The Bertz CT molecular complexity index is 1560. The van der Waals surface area contributed by atoms with Gasteiger partial charge in [-0.2, -0.15) is 0 Å². The van der Waals surface area contributed by atoms with Crippen molar-refractivity contribution in [2.24, 2.45) is 0 Å². The van der Waals surface area contributed by atoms with Gasteiger partial charge in [0.2, 0.25) is 5.78 Å². The molecule has 0 saturated carbocycles. The highest BCUT2D eigenvalue weighted by Crippen LogP contribution is 2.36. The van der Waals surface area contributed by atoms with E-state index in [9.17, 15) is 9.90 Å². The molecule has 0 aliphatic carbocycles. The third-order valence-corrected chi connectivity index (χ3v) is 7.52. The smallest absolute Gasteiger partial charge is 0.410 e. The molecule has 3 heterocycles. The Morgan fingerprint density at radius 3 is 2.74 bits per heavy atom. The molecule has 43 heavy (non-hydrogen) atoms. The molecule has 0 fully saturated rings. The van der Waals surface area contributed by atoms with Crippen LogP contribution in [-0.4, -0.2) is 67.7 Å². The molecular weight excluding hydrogens is 542 g/mol. The van der Waals surface area contributed by atoms with Crippen LogP contribution in [-0.2, 0) is 24.4 Å². The molecule has 9 nitrogen and oxygen atoms in total. The highest BCUT2D eigenvalue weighted by atomic mass is 16.6. The monoisotopic (exact) mass is 583 g/mol. The highest BCUT2D eigenvalue weighted by molar-refractivity contribution is 5.67. The van der Waals surface area contributed by atoms with Crippen LogP contribution in [0.25, 0.3) is 11.9 Å². The molecule has 1 aliphatic heterocycles. The van der Waals surface area contributed by atoms with Crippen LogP contribution >= 0.6 is 0 Å². The summed E-state index contributed by atoms with van der Waals surface area (Å²) in [5.74, 6) is 1.36. The molecule has 0 saturated heterocycles. The number of hydrogen-bond acceptors (Lipinski definition) is 7. The molecule has 1 aliphatic rings. The van der Waals surface area contributed by atoms with Gasteiger partial charge in [-0.3, -0.25) is 9.30 Å². The van der Waals surface area contributed by atoms with Crippen LogP contribution in [0.3, 0.4) is 0 Å². The van der Waals surface area contributed by atoms with Crippen molar-refractivity contribution in [3.8, 4) is 5.75 Å². The zero-order valence-corrected chi connectivity index (χ0v) is 25.4. The summed E-state index contributed by atoms with van der Waals surface area (Å²) >= 11 is 0. The maximum absolute atomic E-state index is 12.5. The van der Waals surface area contributed by atoms with E-state index in [4.69, 9.17) is 9.47 Å². The largest absolute Gasteiger partial charge is 0.489 e. The van der Waals surface area contributed by atoms with Crippen LogP contribution in [0.4, 0.5) is 4.79 Å². The third-order valence-electron chi connectivity index (χ3n) is 7.52. The van der Waals surface area contributed by atoms with Crippen molar-refractivity contribution >= 4 is 17.9 Å². The zero-order valence-electron chi connectivity index (χ0n) is 25.4. The van der Waals surface area contributed by atoms with Crippen molar-refractivity contribution in [3.05, 3.63) is 101 Å². The number of amides is 1. The first-order chi connectivity index (χ1) is 20.7. The lowest BCUT2D eigenvalue weighted by Gasteiger charge is -2.37. The van der Waals surface area contributed by atoms with E-state index in [1.165, 1.54) is 5.56 Å². The third kappa shape index (κ3) is 7.60. The lowest BCUT2D eigenvalue weighted by Crippen LogP contribution is -2.38. The molecule has 2 aromatic carbocycles. The Kier molecular flexibility index (Phi) is 9.43. The van der Waals surface area contributed by atoms with E-state index in [0.717, 1.165) is 48.3 Å². The minimum absolute atomic E-state index is 0.0359. The molecular formula is C34H41N5O4. The Labute approximate surface area is 253 Å². The molecule has 1 N–H and O–H groups in total. The second-order valence-corrected chi connectivity index (χ2v) is 11.9. The Hall–Kier alpha value is -4.21. The second-order valence-electron chi connectivity index (χ2n) is 11.9. The number of hydrogen-bond donors (Lipinski definition) is 1. The van der Waals surface area contributed by atoms with E-state index < -0.39 is 5.60 Å². The zero-order chi connectivity index (χ0) is 30.4. The van der Waals surface area contributed by atoms with E-state index >= 15 is 0 Å². The number of nitrogens with zero attached hydrogens (tertiary/aromatic N) is 5. The molecule has 1 unspecified atom stereocenters. The van der Waals surface area contributed by atoms with E-state index in [0.29, 0.717) is 24.7 Å². The summed E-state index contributed by atoms with van der Waals surface area (Å²) in [7, 11) is 1.78. The first-order valence-corrected chi connectivity index (χ1v) is 14.8. The maximum atomic E-state index is 12.5. The summed E-state index contributed by atoms with van der Waals surface area (Å²) in [6.45, 7) is 8.17. The average Bonchev–Trinajstić information content (AvgIpc) is 3.41. The van der Waals surface area contributed by atoms with Gasteiger partial charge in [-0.25, -0.2) is 14.8 Å². The molecule has 2 aromatic heterocycles. The quantitative estimate of drug-likeness (QED) is 0.257. The topological polar surface area (TPSA) is 92.4 Å². The molecule has 9 heteroatoms. The van der Waals surface area contributed by atoms with Gasteiger partial charge in [0.1, 0.15) is 18.0 Å². The predicted molar refractivity (Wildman–Crippen MR) is 167 cm³/mol. The van der Waals surface area contributed by atoms with Crippen LogP contribution in [0.5, 0.6) is 5.75 Å². The number of imidazole rings is 1. The van der Waals surface area contributed by atoms with Gasteiger partial charge in [0, 0.05) is 44.6 Å². The van der Waals surface area contributed by atoms with E-state index in [2.05, 4.69) is 39.2 Å². The number of rotatable bonds is 10. The minimum atomic E-state index is -0.529. The van der Waals surface area contributed by atoms with Crippen LogP contribution < -0.4 is 4.74 Å². The average molecular weight is 584 g/mol. The van der Waals surface area contributed by atoms with Crippen LogP contribution in [0.2, 0.25) is 0 Å². The summed E-state index contributed by atoms with van der Waals surface area (Å²) in [4.78, 5) is 25.3. The first-order valence-electron chi connectivity index (χ1n) is 14.8. The van der Waals surface area contributed by atoms with Crippen LogP contribution in [0, 0.1) is 0 Å². The fourth-order valence-electron chi connectivity index (χ4n) is 5.35. The van der Waals surface area contributed by atoms with Gasteiger partial charge in [0.05, 0.1) is 24.5 Å². The number of aromatic nitrogens is 3. The standard InChI is InChI=1S/C34H41N5O4/c1-34(2,3)43-33(41)37(4)16-9-17-38-19-14-26-21-31(42-24-25-10-6-5-7-11-25)27(23-40)20-29(26)30(38)13-12-28-22-36-32-35-15-8-18-39(28)32/h5-8,10-13,15,18,20-22,30,40H,9,14,16-17,19,23-24H2,1-4H3/b13-12+. The predicted octanol–water partition coefficient (Wildman–Crippen LogP) is 5.67. The van der Waals surface area contributed by atoms with Crippen LogP contribution in [0.1, 0.15) is 61.2 Å². The highest BCUT2D eigenvalue weighted by Gasteiger charge is 2.28. The lowest BCUT2D eigenvalue weighted by atomic mass is 9.89. The van der Waals surface area contributed by atoms with Crippen molar-refractivity contribution in [2.75, 3.05) is 26.7 Å². The van der Waals surface area contributed by atoms with Crippen molar-refractivity contribution in [2.45, 2.75) is 58.5 Å². The summed E-state index contributed by atoms with van der Waals surface area (Å²) in [5.41, 5.74) is 4.60. The van der Waals surface area contributed by atoms with Gasteiger partial charge in [-0.15, -0.1) is 0 Å². The molecule has 226 valence electrons. The second kappa shape index (κ2) is 13.4. The minimum Gasteiger partial charge on any atom is -0.489 e. The fraction of sp³-hybridized carbons (Fsp3) is 0.382. The number of carbonyl (C=O) groups excluding carboxylic acids is 1. The van der Waals surface area contributed by atoms with Crippen LogP contribution in [0.15, 0.2) is 73.2 Å². The van der Waals surface area contributed by atoms with E-state index in [1.807, 2.05) is 74.0 Å². The summed E-state index contributed by atoms with van der Waals surface area (Å²) in [6.07, 6.45) is 11.1. The molecule has 0 radical (unpaired) electrons. The van der Waals surface area contributed by atoms with Crippen molar-refractivity contribution in [3.63, 3.8) is 0 Å². The molecule has 0 spiro atoms. The van der Waals surface area contributed by atoms with Crippen molar-refractivity contribution in [1.29, 1.82) is 0 Å². The Morgan fingerprint density at radius 1 is 1.16 bits per heavy atom. The van der Waals surface area contributed by atoms with Gasteiger partial charge in [-0.05, 0) is 74.6 Å². The molecule has 5 rings (SSSR count). The number of aliphatic hydroxyl groups excluding tert-OH is 1. The Balaban J connectivity index is 1.38. The summed E-state index contributed by atoms with van der Waals surface area (Å²) in [6, 6.07) is 16.1. The van der Waals surface area contributed by atoms with Gasteiger partial charge in [0.25, 0.3) is 0 Å². The summed E-state index contributed by atoms with van der Waals surface area (Å²) in [5, 5.41) is 10.3. The molecule has 4 aromatic rings. The van der Waals surface area contributed by atoms with Gasteiger partial charge in [-0.1, -0.05) is 36.4 Å². The lowest BCUT2D eigenvalue weighted by molar-refractivity contribution is 0.0291. The van der Waals surface area contributed by atoms with E-state index in [-0.39, 0.29) is 18.7 Å². The number of benzene rings is 2. The number of ether oxygens (including phenoxy) is 2. The SMILES string of the molecule is CN(CCCN1CCc2cc(OCc3ccccc3)c(CO)cc2C1/C=C/c1cnc2ncccn12)C(=O)OC(C)(C)C. The molecule has 1 amide bonds. The van der Waals surface area contributed by atoms with Gasteiger partial charge < -0.3 is 19.5 Å². The molecule has 1 atom stereocenters. The normalized spacial score (nSPS) is 15.5. The van der Waals surface area contributed by atoms with Gasteiger partial charge in [0.15, 0.2) is 0 Å². The number of fused-ring (bicyclic) bond motifs is 2. The van der Waals surface area contributed by atoms with Crippen molar-refractivity contribution in [1.82, 2.24) is 24.2 Å². The number of carbonyl (C=O) groups is 1. The number of aliphatic hydroxyl groups is 1. The van der Waals surface area contributed by atoms with Crippen molar-refractivity contribution < 1.29 is 19.4 Å². The molecule has 0 bridgehead atoms. The van der Waals surface area contributed by atoms with E-state index in [1.54, 1.807) is 18.1 Å². The first kappa shape index (κ1) is 30.3. The maximum Gasteiger partial charge on any atom is 0.410 e. The Morgan fingerprint density at radius 2 is 1.98 bits per heavy atom. The van der Waals surface area contributed by atoms with Gasteiger partial charge >= 0.3 is 6.09 Å². The summed E-state index contributed by atoms with van der Waals surface area (Å²) < 4.78 is 13.7. The fourth-order valence-corrected chi connectivity index (χ4v) is 5.35.